The Bertz CT molecular complexity index is 1090. The van der Waals surface area contributed by atoms with Crippen molar-refractivity contribution in [3.63, 3.8) is 0 Å². The molecule has 2 aromatic carbocycles. The van der Waals surface area contributed by atoms with Gasteiger partial charge in [-0.25, -0.2) is 9.89 Å². The highest BCUT2D eigenvalue weighted by molar-refractivity contribution is 5.81. The molecule has 0 aliphatic rings. The van der Waals surface area contributed by atoms with Crippen LogP contribution >= 0.6 is 0 Å². The minimum Gasteiger partial charge on any atom is -0.490 e. The van der Waals surface area contributed by atoms with Crippen molar-refractivity contribution < 1.29 is 9.47 Å². The predicted octanol–water partition coefficient (Wildman–Crippen LogP) is 3.89. The number of aromatic nitrogens is 3. The molecule has 0 atom stereocenters. The quantitative estimate of drug-likeness (QED) is 0.423. The Morgan fingerprint density at radius 3 is 2.58 bits per heavy atom. The van der Waals surface area contributed by atoms with E-state index in [9.17, 15) is 4.79 Å². The van der Waals surface area contributed by atoms with Crippen molar-refractivity contribution in [2.24, 2.45) is 5.10 Å². The van der Waals surface area contributed by atoms with Crippen molar-refractivity contribution in [1.82, 2.24) is 15.2 Å². The van der Waals surface area contributed by atoms with Gasteiger partial charge in [0.25, 0.3) is 0 Å². The van der Waals surface area contributed by atoms with Gasteiger partial charge in [-0.3, -0.25) is 5.43 Å². The van der Waals surface area contributed by atoms with Gasteiger partial charge < -0.3 is 9.47 Å². The van der Waals surface area contributed by atoms with Crippen LogP contribution in [-0.2, 0) is 12.0 Å². The smallest absolute Gasteiger partial charge is 0.363 e. The van der Waals surface area contributed by atoms with Crippen LogP contribution in [0.1, 0.15) is 44.5 Å². The average Bonchev–Trinajstić information content (AvgIpc) is 2.73. The number of anilines is 1. The summed E-state index contributed by atoms with van der Waals surface area (Å²) in [5, 5.41) is 10.7. The standard InChI is InChI=1S/C23H27N5O3/c1-5-30-19-13-17(11-12-18(19)31-15-16-9-7-6-8-10-16)14-24-27-21-20(23(2,3)4)26-28-22(29)25-21/h6-14H,5,15H2,1-4H3,(H2,25,27,28,29)/b24-14+. The van der Waals surface area contributed by atoms with E-state index >= 15 is 0 Å². The summed E-state index contributed by atoms with van der Waals surface area (Å²) in [6.07, 6.45) is 1.62. The second-order valence-electron chi connectivity index (χ2n) is 7.87. The summed E-state index contributed by atoms with van der Waals surface area (Å²) in [6.45, 7) is 8.82. The molecule has 8 heteroatoms. The van der Waals surface area contributed by atoms with Crippen LogP contribution in [0.25, 0.3) is 0 Å². The van der Waals surface area contributed by atoms with Crippen molar-refractivity contribution in [2.75, 3.05) is 12.0 Å². The van der Waals surface area contributed by atoms with E-state index in [1.54, 1.807) is 6.21 Å². The fourth-order valence-corrected chi connectivity index (χ4v) is 2.83. The minimum absolute atomic E-state index is 0.311. The number of hydrogen-bond donors (Lipinski definition) is 2. The molecule has 1 heterocycles. The number of nitrogens with zero attached hydrogens (tertiary/aromatic N) is 3. The van der Waals surface area contributed by atoms with E-state index in [0.717, 1.165) is 11.1 Å². The monoisotopic (exact) mass is 421 g/mol. The summed E-state index contributed by atoms with van der Waals surface area (Å²) >= 11 is 0. The third kappa shape index (κ3) is 6.15. The Balaban J connectivity index is 1.75. The summed E-state index contributed by atoms with van der Waals surface area (Å²) in [7, 11) is 0. The zero-order valence-corrected chi connectivity index (χ0v) is 18.2. The summed E-state index contributed by atoms with van der Waals surface area (Å²) in [6, 6.07) is 15.5. The minimum atomic E-state index is -0.538. The fraction of sp³-hybridized carbons (Fsp3) is 0.304. The van der Waals surface area contributed by atoms with Crippen LogP contribution in [0.4, 0.5) is 5.82 Å². The number of hydrogen-bond acceptors (Lipinski definition) is 7. The van der Waals surface area contributed by atoms with Crippen LogP contribution in [0.5, 0.6) is 11.5 Å². The molecular formula is C23H27N5O3. The number of benzene rings is 2. The first-order chi connectivity index (χ1) is 14.9. The maximum absolute atomic E-state index is 11.6. The molecule has 31 heavy (non-hydrogen) atoms. The molecule has 0 aliphatic carbocycles. The zero-order valence-electron chi connectivity index (χ0n) is 18.2. The molecule has 2 N–H and O–H groups in total. The molecule has 0 spiro atoms. The maximum Gasteiger partial charge on any atom is 0.363 e. The second-order valence-corrected chi connectivity index (χ2v) is 7.87. The normalized spacial score (nSPS) is 11.5. The molecule has 0 unspecified atom stereocenters. The van der Waals surface area contributed by atoms with E-state index in [-0.39, 0.29) is 5.41 Å². The largest absolute Gasteiger partial charge is 0.490 e. The van der Waals surface area contributed by atoms with Gasteiger partial charge in [-0.05, 0) is 36.2 Å². The van der Waals surface area contributed by atoms with Crippen molar-refractivity contribution in [1.29, 1.82) is 0 Å². The van der Waals surface area contributed by atoms with Crippen LogP contribution in [-0.4, -0.2) is 28.0 Å². The highest BCUT2D eigenvalue weighted by Crippen LogP contribution is 2.29. The van der Waals surface area contributed by atoms with Crippen LogP contribution in [0.2, 0.25) is 0 Å². The molecule has 0 saturated carbocycles. The van der Waals surface area contributed by atoms with Gasteiger partial charge in [0.05, 0.1) is 12.8 Å². The highest BCUT2D eigenvalue weighted by atomic mass is 16.5. The van der Waals surface area contributed by atoms with Gasteiger partial charge >= 0.3 is 5.69 Å². The number of H-pyrrole nitrogens is 1. The molecule has 0 radical (unpaired) electrons. The summed E-state index contributed by atoms with van der Waals surface area (Å²) in [5.74, 6) is 1.61. The molecule has 8 nitrogen and oxygen atoms in total. The number of aromatic amines is 1. The lowest BCUT2D eigenvalue weighted by Gasteiger charge is -2.18. The summed E-state index contributed by atoms with van der Waals surface area (Å²) in [4.78, 5) is 15.5. The lowest BCUT2D eigenvalue weighted by Crippen LogP contribution is -2.24. The van der Waals surface area contributed by atoms with E-state index in [0.29, 0.717) is 36.2 Å². The molecule has 3 rings (SSSR count). The Morgan fingerprint density at radius 2 is 1.87 bits per heavy atom. The Hall–Kier alpha value is -3.68. The van der Waals surface area contributed by atoms with Crippen molar-refractivity contribution in [2.45, 2.75) is 39.7 Å². The van der Waals surface area contributed by atoms with Gasteiger partial charge in [0.15, 0.2) is 17.3 Å². The third-order valence-corrected chi connectivity index (χ3v) is 4.30. The molecular weight excluding hydrogens is 394 g/mol. The van der Waals surface area contributed by atoms with E-state index < -0.39 is 5.69 Å². The van der Waals surface area contributed by atoms with Gasteiger partial charge in [-0.15, -0.1) is 0 Å². The summed E-state index contributed by atoms with van der Waals surface area (Å²) in [5.41, 5.74) is 4.47. The number of hydrazone groups is 1. The highest BCUT2D eigenvalue weighted by Gasteiger charge is 2.21. The predicted molar refractivity (Wildman–Crippen MR) is 121 cm³/mol. The lowest BCUT2D eigenvalue weighted by molar-refractivity contribution is 0.269. The topological polar surface area (TPSA) is 101 Å². The SMILES string of the molecule is CCOc1cc(/C=N/Nc2nc(=O)[nH]nc2C(C)(C)C)ccc1OCc1ccccc1. The van der Waals surface area contributed by atoms with Gasteiger partial charge in [0, 0.05) is 5.41 Å². The number of ether oxygens (including phenoxy) is 2. The molecule has 0 aliphatic heterocycles. The number of nitrogens with one attached hydrogen (secondary N) is 2. The third-order valence-electron chi connectivity index (χ3n) is 4.30. The molecule has 0 fully saturated rings. The second kappa shape index (κ2) is 9.88. The van der Waals surface area contributed by atoms with E-state index in [1.165, 1.54) is 0 Å². The van der Waals surface area contributed by atoms with Crippen molar-refractivity contribution >= 4 is 12.0 Å². The van der Waals surface area contributed by atoms with Gasteiger partial charge in [0.2, 0.25) is 0 Å². The molecule has 0 saturated heterocycles. The molecule has 0 bridgehead atoms. The van der Waals surface area contributed by atoms with Crippen molar-refractivity contribution in [3.8, 4) is 11.5 Å². The fourth-order valence-electron chi connectivity index (χ4n) is 2.83. The Morgan fingerprint density at radius 1 is 1.10 bits per heavy atom. The van der Waals surface area contributed by atoms with E-state index in [4.69, 9.17) is 9.47 Å². The molecule has 0 amide bonds. The Labute approximate surface area is 181 Å². The van der Waals surface area contributed by atoms with Crippen LogP contribution in [0, 0.1) is 0 Å². The van der Waals surface area contributed by atoms with Gasteiger partial charge in [-0.1, -0.05) is 51.1 Å². The van der Waals surface area contributed by atoms with Gasteiger partial charge in [-0.2, -0.15) is 15.2 Å². The Kier molecular flexibility index (Phi) is 7.02. The average molecular weight is 422 g/mol. The zero-order chi connectivity index (χ0) is 22.3. The van der Waals surface area contributed by atoms with Crippen LogP contribution in [0.3, 0.4) is 0 Å². The first-order valence-electron chi connectivity index (χ1n) is 10.1. The maximum atomic E-state index is 11.6. The summed E-state index contributed by atoms with van der Waals surface area (Å²) < 4.78 is 11.7. The molecule has 3 aromatic rings. The lowest BCUT2D eigenvalue weighted by atomic mass is 9.92. The molecule has 1 aromatic heterocycles. The first kappa shape index (κ1) is 22.0. The number of rotatable bonds is 8. The van der Waals surface area contributed by atoms with Crippen molar-refractivity contribution in [3.05, 3.63) is 75.8 Å². The van der Waals surface area contributed by atoms with Gasteiger partial charge in [0.1, 0.15) is 12.3 Å². The van der Waals surface area contributed by atoms with E-state index in [1.807, 2.05) is 76.2 Å². The molecule has 162 valence electrons. The van der Waals surface area contributed by atoms with Crippen LogP contribution < -0.4 is 20.6 Å². The first-order valence-corrected chi connectivity index (χ1v) is 10.1. The van der Waals surface area contributed by atoms with Crippen LogP contribution in [0.15, 0.2) is 58.4 Å². The van der Waals surface area contributed by atoms with E-state index in [2.05, 4.69) is 25.7 Å².